The summed E-state index contributed by atoms with van der Waals surface area (Å²) >= 11 is 0. The van der Waals surface area contributed by atoms with E-state index in [1.54, 1.807) is 4.90 Å². The number of carbonyl (C=O) groups is 1. The molecule has 2 aromatic rings. The second-order valence-corrected chi connectivity index (χ2v) is 6.35. The van der Waals surface area contributed by atoms with Crippen LogP contribution in [0.25, 0.3) is 0 Å². The zero-order valence-corrected chi connectivity index (χ0v) is 12.0. The van der Waals surface area contributed by atoms with E-state index < -0.39 is 15.1 Å². The molecule has 2 N–H and O–H groups in total. The Morgan fingerprint density at radius 1 is 1.19 bits per heavy atom. The van der Waals surface area contributed by atoms with E-state index in [1.807, 2.05) is 24.3 Å². The maximum absolute atomic E-state index is 12.5. The number of hydrogen-bond acceptors (Lipinski definition) is 4. The van der Waals surface area contributed by atoms with Crippen molar-refractivity contribution in [1.82, 2.24) is 0 Å². The molecule has 0 saturated heterocycles. The van der Waals surface area contributed by atoms with Crippen molar-refractivity contribution in [3.8, 4) is 0 Å². The average molecular weight is 306 g/mol. The highest BCUT2D eigenvalue weighted by Crippen LogP contribution is 2.28. The van der Waals surface area contributed by atoms with E-state index in [1.165, 1.54) is 12.1 Å². The Bertz CT molecular complexity index is 795. The van der Waals surface area contributed by atoms with Crippen LogP contribution in [0.2, 0.25) is 0 Å². The summed E-state index contributed by atoms with van der Waals surface area (Å²) in [7, 11) is -3.94. The molecule has 0 atom stereocenters. The summed E-state index contributed by atoms with van der Waals surface area (Å²) < 4.78 is 27.5. The minimum atomic E-state index is -3.94. The summed E-state index contributed by atoms with van der Waals surface area (Å²) in [5.41, 5.74) is 1.93. The number of carbonyl (C=O) groups excluding carboxylic acids is 1. The first-order valence-corrected chi connectivity index (χ1v) is 8.04. The van der Waals surface area contributed by atoms with Crippen LogP contribution in [0, 0.1) is 0 Å². The van der Waals surface area contributed by atoms with Crippen molar-refractivity contribution >= 4 is 21.6 Å². The Kier molecular flexibility index (Phi) is 3.30. The monoisotopic (exact) mass is 306 g/mol. The van der Waals surface area contributed by atoms with Gasteiger partial charge in [-0.25, -0.2) is 13.6 Å². The number of furan rings is 1. The lowest BCUT2D eigenvalue weighted by molar-refractivity contribution is 0.0953. The van der Waals surface area contributed by atoms with Gasteiger partial charge in [0.15, 0.2) is 5.76 Å². The number of para-hydroxylation sites is 1. The fraction of sp³-hybridized carbons (Fsp3) is 0.214. The number of benzene rings is 1. The van der Waals surface area contributed by atoms with E-state index in [9.17, 15) is 13.2 Å². The first-order valence-electron chi connectivity index (χ1n) is 6.49. The normalized spacial score (nSPS) is 14.8. The molecule has 0 unspecified atom stereocenters. The van der Waals surface area contributed by atoms with Crippen LogP contribution in [0.1, 0.15) is 22.5 Å². The Morgan fingerprint density at radius 3 is 2.67 bits per heavy atom. The lowest BCUT2D eigenvalue weighted by Crippen LogP contribution is -2.35. The average Bonchev–Trinajstić information content (AvgIpc) is 2.96. The van der Waals surface area contributed by atoms with Crippen LogP contribution in [0.15, 0.2) is 45.9 Å². The number of rotatable bonds is 2. The third-order valence-corrected chi connectivity index (χ3v) is 4.21. The van der Waals surface area contributed by atoms with Gasteiger partial charge in [0.1, 0.15) is 0 Å². The summed E-state index contributed by atoms with van der Waals surface area (Å²) in [5, 5.41) is 4.57. The van der Waals surface area contributed by atoms with Gasteiger partial charge in [0.2, 0.25) is 5.09 Å². The number of sulfonamides is 1. The molecule has 0 radical (unpaired) electrons. The number of hydrogen-bond donors (Lipinski definition) is 1. The van der Waals surface area contributed by atoms with Crippen molar-refractivity contribution in [3.05, 3.63) is 47.7 Å². The summed E-state index contributed by atoms with van der Waals surface area (Å²) in [5.74, 6) is -0.396. The van der Waals surface area contributed by atoms with Gasteiger partial charge in [-0.1, -0.05) is 18.2 Å². The van der Waals surface area contributed by atoms with Crippen LogP contribution in [-0.2, 0) is 16.4 Å². The Balaban J connectivity index is 1.95. The molecule has 0 bridgehead atoms. The van der Waals surface area contributed by atoms with Crippen LogP contribution < -0.4 is 10.0 Å². The highest BCUT2D eigenvalue weighted by Gasteiger charge is 2.26. The molecule has 1 aromatic carbocycles. The summed E-state index contributed by atoms with van der Waals surface area (Å²) in [4.78, 5) is 14.1. The molecule has 110 valence electrons. The minimum absolute atomic E-state index is 0.0317. The van der Waals surface area contributed by atoms with Crippen LogP contribution in [0.5, 0.6) is 0 Å². The van der Waals surface area contributed by atoms with Crippen molar-refractivity contribution < 1.29 is 17.6 Å². The number of aryl methyl sites for hydroxylation is 1. The molecule has 2 heterocycles. The molecule has 3 rings (SSSR count). The molecular weight excluding hydrogens is 292 g/mol. The lowest BCUT2D eigenvalue weighted by Gasteiger charge is -2.28. The topological polar surface area (TPSA) is 93.6 Å². The molecule has 21 heavy (non-hydrogen) atoms. The van der Waals surface area contributed by atoms with E-state index in [4.69, 9.17) is 9.56 Å². The quantitative estimate of drug-likeness (QED) is 0.910. The van der Waals surface area contributed by atoms with Crippen molar-refractivity contribution in [2.75, 3.05) is 11.4 Å². The van der Waals surface area contributed by atoms with Crippen molar-refractivity contribution in [3.63, 3.8) is 0 Å². The smallest absolute Gasteiger partial charge is 0.294 e. The molecule has 0 spiro atoms. The first kappa shape index (κ1) is 13.8. The van der Waals surface area contributed by atoms with Gasteiger partial charge in [0.05, 0.1) is 0 Å². The molecule has 1 amide bonds. The molecule has 0 saturated carbocycles. The first-order chi connectivity index (χ1) is 9.97. The van der Waals surface area contributed by atoms with Gasteiger partial charge in [-0.15, -0.1) is 0 Å². The number of amides is 1. The number of primary sulfonamides is 1. The Hall–Kier alpha value is -2.12. The Morgan fingerprint density at radius 2 is 1.95 bits per heavy atom. The van der Waals surface area contributed by atoms with Crippen LogP contribution in [-0.4, -0.2) is 20.9 Å². The maximum atomic E-state index is 12.5. The van der Waals surface area contributed by atoms with E-state index in [-0.39, 0.29) is 11.7 Å². The highest BCUT2D eigenvalue weighted by molar-refractivity contribution is 7.89. The van der Waals surface area contributed by atoms with Gasteiger partial charge in [0.25, 0.3) is 15.9 Å². The lowest BCUT2D eigenvalue weighted by atomic mass is 10.0. The van der Waals surface area contributed by atoms with Gasteiger partial charge in [-0.05, 0) is 36.6 Å². The predicted octanol–water partition coefficient (Wildman–Crippen LogP) is 1.52. The summed E-state index contributed by atoms with van der Waals surface area (Å²) in [6.07, 6.45) is 1.77. The fourth-order valence-electron chi connectivity index (χ4n) is 2.47. The SMILES string of the molecule is NS(=O)(=O)c1ccc(C(=O)N2CCCc3ccccc32)o1. The minimum Gasteiger partial charge on any atom is -0.438 e. The van der Waals surface area contributed by atoms with Crippen molar-refractivity contribution in [2.45, 2.75) is 17.9 Å². The van der Waals surface area contributed by atoms with Gasteiger partial charge in [-0.2, -0.15) is 0 Å². The zero-order valence-electron chi connectivity index (χ0n) is 11.2. The molecule has 6 nitrogen and oxygen atoms in total. The van der Waals surface area contributed by atoms with Crippen LogP contribution in [0.3, 0.4) is 0 Å². The number of nitrogens with two attached hydrogens (primary N) is 1. The van der Waals surface area contributed by atoms with E-state index >= 15 is 0 Å². The number of fused-ring (bicyclic) bond motifs is 1. The van der Waals surface area contributed by atoms with E-state index in [2.05, 4.69) is 0 Å². The fourth-order valence-corrected chi connectivity index (χ4v) is 2.93. The second-order valence-electron chi connectivity index (χ2n) is 4.85. The molecule has 1 aromatic heterocycles. The van der Waals surface area contributed by atoms with E-state index in [0.717, 1.165) is 24.1 Å². The highest BCUT2D eigenvalue weighted by atomic mass is 32.2. The molecule has 7 heteroatoms. The van der Waals surface area contributed by atoms with Crippen LogP contribution in [0.4, 0.5) is 5.69 Å². The molecule has 1 aliphatic rings. The number of anilines is 1. The van der Waals surface area contributed by atoms with Crippen LogP contribution >= 0.6 is 0 Å². The number of nitrogens with zero attached hydrogens (tertiary/aromatic N) is 1. The molecule has 0 fully saturated rings. The standard InChI is InChI=1S/C14H14N2O4S/c15-21(18,19)13-8-7-12(20-13)14(17)16-9-3-5-10-4-1-2-6-11(10)16/h1-2,4,6-8H,3,5,9H2,(H2,15,18,19). The summed E-state index contributed by atoms with van der Waals surface area (Å²) in [6, 6.07) is 10.2. The van der Waals surface area contributed by atoms with Gasteiger partial charge < -0.3 is 9.32 Å². The van der Waals surface area contributed by atoms with Gasteiger partial charge in [0, 0.05) is 12.2 Å². The Labute approximate surface area is 122 Å². The predicted molar refractivity (Wildman–Crippen MR) is 76.5 cm³/mol. The van der Waals surface area contributed by atoms with Crippen molar-refractivity contribution in [2.24, 2.45) is 5.14 Å². The maximum Gasteiger partial charge on any atom is 0.294 e. The van der Waals surface area contributed by atoms with Crippen molar-refractivity contribution in [1.29, 1.82) is 0 Å². The summed E-state index contributed by atoms with van der Waals surface area (Å²) in [6.45, 7) is 0.571. The largest absolute Gasteiger partial charge is 0.438 e. The molecule has 0 aliphatic carbocycles. The van der Waals surface area contributed by atoms with Gasteiger partial charge in [-0.3, -0.25) is 4.79 Å². The second kappa shape index (κ2) is 5.01. The third-order valence-electron chi connectivity index (χ3n) is 3.43. The van der Waals surface area contributed by atoms with Gasteiger partial charge >= 0.3 is 0 Å². The zero-order chi connectivity index (χ0) is 15.0. The third kappa shape index (κ3) is 2.57. The molecular formula is C14H14N2O4S. The van der Waals surface area contributed by atoms with E-state index in [0.29, 0.717) is 6.54 Å². The molecule has 1 aliphatic heterocycles.